The number of carbonyl (C=O) groups is 1. The lowest BCUT2D eigenvalue weighted by molar-refractivity contribution is 0.0573. The molecule has 2 fully saturated rings. The minimum absolute atomic E-state index is 0.115. The highest BCUT2D eigenvalue weighted by Crippen LogP contribution is 2.33. The van der Waals surface area contributed by atoms with Crippen LogP contribution in [0, 0.1) is 5.92 Å². The Bertz CT molecular complexity index is 772. The van der Waals surface area contributed by atoms with Crippen molar-refractivity contribution in [3.63, 3.8) is 0 Å². The molecule has 3 heterocycles. The van der Waals surface area contributed by atoms with Gasteiger partial charge in [0.15, 0.2) is 17.1 Å². The van der Waals surface area contributed by atoms with E-state index >= 15 is 0 Å². The number of hydrogen-bond acceptors (Lipinski definition) is 5. The number of aromatic nitrogens is 1. The number of nitrogens with one attached hydrogen (secondary N) is 1. The molecular formula is C21H27N3O3. The van der Waals surface area contributed by atoms with Gasteiger partial charge in [0.05, 0.1) is 0 Å². The van der Waals surface area contributed by atoms with Crippen molar-refractivity contribution < 1.29 is 14.4 Å². The second-order valence-corrected chi connectivity index (χ2v) is 7.62. The summed E-state index contributed by atoms with van der Waals surface area (Å²) in [5, 5.41) is 16.9. The SMILES string of the molecule is O=C(O)c1c(NCC[C@@H]2CCCN3CCCC[C@H]23)noc1-c1ccccc1. The van der Waals surface area contributed by atoms with E-state index in [9.17, 15) is 9.90 Å². The fourth-order valence-electron chi connectivity index (χ4n) is 4.69. The summed E-state index contributed by atoms with van der Waals surface area (Å²) in [7, 11) is 0. The van der Waals surface area contributed by atoms with E-state index in [-0.39, 0.29) is 5.56 Å². The Hall–Kier alpha value is -2.34. The lowest BCUT2D eigenvalue weighted by Crippen LogP contribution is -2.48. The lowest BCUT2D eigenvalue weighted by atomic mass is 9.82. The van der Waals surface area contributed by atoms with Gasteiger partial charge in [-0.3, -0.25) is 0 Å². The van der Waals surface area contributed by atoms with Crippen LogP contribution in [-0.4, -0.2) is 46.8 Å². The van der Waals surface area contributed by atoms with Gasteiger partial charge in [-0.25, -0.2) is 4.79 Å². The standard InChI is InChI=1S/C21H27N3O3/c25-21(26)18-19(16-7-2-1-3-8-16)27-23-20(18)22-12-11-15-9-6-14-24-13-5-4-10-17(15)24/h1-3,7-8,15,17H,4-6,9-14H2,(H,22,23)(H,25,26)/t15-,17+/m0/s1. The number of carboxylic acid groups (broad SMARTS) is 1. The van der Waals surface area contributed by atoms with Crippen molar-refractivity contribution in [3.8, 4) is 11.3 Å². The average molecular weight is 369 g/mol. The molecule has 2 atom stereocenters. The van der Waals surface area contributed by atoms with Gasteiger partial charge < -0.3 is 19.8 Å². The van der Waals surface area contributed by atoms with Crippen LogP contribution in [0.4, 0.5) is 5.82 Å². The number of piperidine rings is 2. The molecule has 0 unspecified atom stereocenters. The maximum atomic E-state index is 11.8. The molecule has 0 amide bonds. The zero-order valence-electron chi connectivity index (χ0n) is 15.6. The molecule has 0 radical (unpaired) electrons. The molecule has 4 rings (SSSR count). The van der Waals surface area contributed by atoms with Crippen molar-refractivity contribution in [3.05, 3.63) is 35.9 Å². The fourth-order valence-corrected chi connectivity index (χ4v) is 4.69. The number of hydrogen-bond donors (Lipinski definition) is 2. The fraction of sp³-hybridized carbons (Fsp3) is 0.524. The summed E-state index contributed by atoms with van der Waals surface area (Å²) in [6.45, 7) is 3.19. The largest absolute Gasteiger partial charge is 0.477 e. The summed E-state index contributed by atoms with van der Waals surface area (Å²) >= 11 is 0. The van der Waals surface area contributed by atoms with Crippen LogP contribution in [0.25, 0.3) is 11.3 Å². The molecule has 0 aliphatic carbocycles. The molecule has 1 aromatic carbocycles. The Labute approximate surface area is 159 Å². The van der Waals surface area contributed by atoms with Crippen LogP contribution in [0.15, 0.2) is 34.9 Å². The molecule has 1 aromatic heterocycles. The maximum absolute atomic E-state index is 11.8. The first-order valence-electron chi connectivity index (χ1n) is 10.0. The second kappa shape index (κ2) is 8.13. The number of rotatable bonds is 6. The number of carboxylic acids is 1. The van der Waals surface area contributed by atoms with Crippen LogP contribution >= 0.6 is 0 Å². The Balaban J connectivity index is 1.42. The summed E-state index contributed by atoms with van der Waals surface area (Å²) in [4.78, 5) is 14.4. The van der Waals surface area contributed by atoms with Crippen LogP contribution in [0.5, 0.6) is 0 Å². The van der Waals surface area contributed by atoms with Crippen LogP contribution in [0.2, 0.25) is 0 Å². The van der Waals surface area contributed by atoms with Crippen LogP contribution in [0.1, 0.15) is 48.9 Å². The van der Waals surface area contributed by atoms with E-state index in [4.69, 9.17) is 4.52 Å². The Morgan fingerprint density at radius 2 is 2.00 bits per heavy atom. The minimum Gasteiger partial charge on any atom is -0.477 e. The molecule has 27 heavy (non-hydrogen) atoms. The second-order valence-electron chi connectivity index (χ2n) is 7.62. The normalized spacial score (nSPS) is 23.0. The molecule has 2 aliphatic heterocycles. The topological polar surface area (TPSA) is 78.6 Å². The molecular weight excluding hydrogens is 342 g/mol. The van der Waals surface area contributed by atoms with E-state index in [1.165, 1.54) is 45.2 Å². The Morgan fingerprint density at radius 3 is 2.81 bits per heavy atom. The highest BCUT2D eigenvalue weighted by molar-refractivity contribution is 5.99. The van der Waals surface area contributed by atoms with E-state index in [0.717, 1.165) is 18.5 Å². The van der Waals surface area contributed by atoms with Gasteiger partial charge in [-0.1, -0.05) is 41.9 Å². The number of benzene rings is 1. The zero-order valence-corrected chi connectivity index (χ0v) is 15.6. The molecule has 2 aromatic rings. The molecule has 0 spiro atoms. The first kappa shape index (κ1) is 18.0. The van der Waals surface area contributed by atoms with E-state index in [1.54, 1.807) is 0 Å². The van der Waals surface area contributed by atoms with E-state index in [0.29, 0.717) is 23.5 Å². The summed E-state index contributed by atoms with van der Waals surface area (Å²) in [5.41, 5.74) is 0.838. The van der Waals surface area contributed by atoms with E-state index in [1.807, 2.05) is 30.3 Å². The van der Waals surface area contributed by atoms with Gasteiger partial charge >= 0.3 is 5.97 Å². The molecule has 6 nitrogen and oxygen atoms in total. The van der Waals surface area contributed by atoms with Crippen molar-refractivity contribution in [2.45, 2.75) is 44.6 Å². The molecule has 2 saturated heterocycles. The Kier molecular flexibility index (Phi) is 5.43. The smallest absolute Gasteiger partial charge is 0.343 e. The molecule has 0 saturated carbocycles. The summed E-state index contributed by atoms with van der Waals surface area (Å²) in [5.74, 6) is 0.299. The quantitative estimate of drug-likeness (QED) is 0.798. The lowest BCUT2D eigenvalue weighted by Gasteiger charge is -2.44. The number of aromatic carboxylic acids is 1. The van der Waals surface area contributed by atoms with E-state index < -0.39 is 5.97 Å². The van der Waals surface area contributed by atoms with Crippen molar-refractivity contribution in [1.82, 2.24) is 10.1 Å². The number of nitrogens with zero attached hydrogens (tertiary/aromatic N) is 2. The summed E-state index contributed by atoms with van der Waals surface area (Å²) in [6.07, 6.45) is 7.52. The van der Waals surface area contributed by atoms with Crippen molar-refractivity contribution in [2.75, 3.05) is 25.0 Å². The third-order valence-corrected chi connectivity index (χ3v) is 5.98. The van der Waals surface area contributed by atoms with Crippen LogP contribution in [-0.2, 0) is 0 Å². The van der Waals surface area contributed by atoms with E-state index in [2.05, 4.69) is 15.4 Å². The third kappa shape index (κ3) is 3.86. The van der Waals surface area contributed by atoms with Crippen LogP contribution in [0.3, 0.4) is 0 Å². The predicted molar refractivity (Wildman–Crippen MR) is 104 cm³/mol. The maximum Gasteiger partial charge on any atom is 0.343 e. The van der Waals surface area contributed by atoms with Crippen LogP contribution < -0.4 is 5.32 Å². The zero-order chi connectivity index (χ0) is 18.6. The van der Waals surface area contributed by atoms with Gasteiger partial charge in [-0.05, 0) is 51.1 Å². The van der Waals surface area contributed by atoms with Crippen molar-refractivity contribution in [2.24, 2.45) is 5.92 Å². The molecule has 0 bridgehead atoms. The monoisotopic (exact) mass is 369 g/mol. The van der Waals surface area contributed by atoms with Gasteiger partial charge in [0.2, 0.25) is 0 Å². The third-order valence-electron chi connectivity index (χ3n) is 5.98. The average Bonchev–Trinajstić information content (AvgIpc) is 3.13. The van der Waals surface area contributed by atoms with Gasteiger partial charge in [-0.2, -0.15) is 0 Å². The van der Waals surface area contributed by atoms with Crippen molar-refractivity contribution >= 4 is 11.8 Å². The van der Waals surface area contributed by atoms with Crippen molar-refractivity contribution in [1.29, 1.82) is 0 Å². The Morgan fingerprint density at radius 1 is 1.19 bits per heavy atom. The molecule has 144 valence electrons. The van der Waals surface area contributed by atoms with Gasteiger partial charge in [0, 0.05) is 18.2 Å². The number of anilines is 1. The molecule has 6 heteroatoms. The first-order valence-corrected chi connectivity index (χ1v) is 10.0. The predicted octanol–water partition coefficient (Wildman–Crippen LogP) is 4.11. The van der Waals surface area contributed by atoms with Gasteiger partial charge in [0.25, 0.3) is 0 Å². The van der Waals surface area contributed by atoms with Gasteiger partial charge in [0.1, 0.15) is 0 Å². The first-order chi connectivity index (χ1) is 13.2. The summed E-state index contributed by atoms with van der Waals surface area (Å²) in [6, 6.07) is 9.96. The highest BCUT2D eigenvalue weighted by Gasteiger charge is 2.32. The minimum atomic E-state index is -1.02. The summed E-state index contributed by atoms with van der Waals surface area (Å²) < 4.78 is 5.37. The number of fused-ring (bicyclic) bond motifs is 1. The molecule has 2 N–H and O–H groups in total. The van der Waals surface area contributed by atoms with Gasteiger partial charge in [-0.15, -0.1) is 0 Å². The molecule has 2 aliphatic rings. The highest BCUT2D eigenvalue weighted by atomic mass is 16.5.